The van der Waals surface area contributed by atoms with Crippen molar-refractivity contribution in [1.82, 2.24) is 10.2 Å². The largest absolute Gasteiger partial charge is 0.342 e. The number of amides is 1. The molecule has 0 unspecified atom stereocenters. The van der Waals surface area contributed by atoms with Crippen LogP contribution in [0.5, 0.6) is 0 Å². The van der Waals surface area contributed by atoms with E-state index < -0.39 is 0 Å². The number of hydrogen-bond donors (Lipinski definition) is 1. The number of carbonyl (C=O) groups excluding carboxylic acids is 1. The lowest BCUT2D eigenvalue weighted by atomic mass is 9.93. The van der Waals surface area contributed by atoms with Gasteiger partial charge in [-0.05, 0) is 38.1 Å². The zero-order valence-electron chi connectivity index (χ0n) is 9.75. The van der Waals surface area contributed by atoms with Gasteiger partial charge in [0.05, 0.1) is 12.6 Å². The van der Waals surface area contributed by atoms with Crippen molar-refractivity contribution in [1.29, 1.82) is 0 Å². The second-order valence-corrected chi connectivity index (χ2v) is 4.94. The topological polar surface area (TPSA) is 32.3 Å². The molecule has 16 heavy (non-hydrogen) atoms. The highest BCUT2D eigenvalue weighted by atomic mass is 19.1. The van der Waals surface area contributed by atoms with Crippen LogP contribution in [0.1, 0.15) is 25.7 Å². The molecule has 2 rings (SSSR count). The molecule has 0 bridgehead atoms. The van der Waals surface area contributed by atoms with Gasteiger partial charge in [0.25, 0.3) is 0 Å². The Morgan fingerprint density at radius 3 is 2.62 bits per heavy atom. The number of hydrogen-bond acceptors (Lipinski definition) is 2. The average molecular weight is 228 g/mol. The molecule has 0 aromatic carbocycles. The quantitative estimate of drug-likeness (QED) is 0.787. The van der Waals surface area contributed by atoms with Crippen molar-refractivity contribution in [2.24, 2.45) is 11.8 Å². The maximum atomic E-state index is 12.2. The molecule has 2 saturated heterocycles. The van der Waals surface area contributed by atoms with Gasteiger partial charge in [-0.1, -0.05) is 0 Å². The van der Waals surface area contributed by atoms with E-state index in [1.54, 1.807) is 0 Å². The molecule has 4 heteroatoms. The van der Waals surface area contributed by atoms with Crippen molar-refractivity contribution in [2.75, 3.05) is 32.9 Å². The van der Waals surface area contributed by atoms with Gasteiger partial charge in [0.2, 0.25) is 5.91 Å². The Morgan fingerprint density at radius 2 is 2.06 bits per heavy atom. The van der Waals surface area contributed by atoms with Gasteiger partial charge in [-0.25, -0.2) is 0 Å². The van der Waals surface area contributed by atoms with Crippen LogP contribution in [0.15, 0.2) is 0 Å². The smallest absolute Gasteiger partial charge is 0.227 e. The molecule has 0 spiro atoms. The molecular formula is C12H21FN2O. The first kappa shape index (κ1) is 11.8. The number of alkyl halides is 1. The second kappa shape index (κ2) is 5.62. The average Bonchev–Trinajstić information content (AvgIpc) is 2.83. The highest BCUT2D eigenvalue weighted by Crippen LogP contribution is 2.22. The molecule has 0 radical (unpaired) electrons. The van der Waals surface area contributed by atoms with E-state index in [0.29, 0.717) is 18.2 Å². The highest BCUT2D eigenvalue weighted by Gasteiger charge is 2.29. The van der Waals surface area contributed by atoms with Gasteiger partial charge in [0.1, 0.15) is 0 Å². The summed E-state index contributed by atoms with van der Waals surface area (Å²) in [5, 5.41) is 3.22. The molecule has 92 valence electrons. The van der Waals surface area contributed by atoms with E-state index in [0.717, 1.165) is 45.4 Å². The van der Waals surface area contributed by atoms with Crippen molar-refractivity contribution in [3.8, 4) is 0 Å². The monoisotopic (exact) mass is 228 g/mol. The molecule has 2 fully saturated rings. The normalized spacial score (nSPS) is 27.3. The molecule has 3 nitrogen and oxygen atoms in total. The molecule has 0 aromatic rings. The first-order valence-electron chi connectivity index (χ1n) is 6.36. The molecule has 1 atom stereocenters. The number of halogens is 1. The Hall–Kier alpha value is -0.640. The zero-order chi connectivity index (χ0) is 11.4. The number of nitrogens with zero attached hydrogens (tertiary/aromatic N) is 1. The molecule has 0 saturated carbocycles. The van der Waals surface area contributed by atoms with Gasteiger partial charge in [-0.15, -0.1) is 0 Å². The van der Waals surface area contributed by atoms with Crippen molar-refractivity contribution >= 4 is 5.91 Å². The van der Waals surface area contributed by atoms with Gasteiger partial charge >= 0.3 is 0 Å². The van der Waals surface area contributed by atoms with Gasteiger partial charge in [0, 0.05) is 19.6 Å². The molecule has 2 heterocycles. The van der Waals surface area contributed by atoms with Crippen molar-refractivity contribution in [3.63, 3.8) is 0 Å². The Balaban J connectivity index is 1.77. The van der Waals surface area contributed by atoms with E-state index >= 15 is 0 Å². The summed E-state index contributed by atoms with van der Waals surface area (Å²) in [6.07, 6.45) is 3.61. The third kappa shape index (κ3) is 2.73. The van der Waals surface area contributed by atoms with E-state index in [9.17, 15) is 9.18 Å². The third-order valence-electron chi connectivity index (χ3n) is 3.85. The van der Waals surface area contributed by atoms with Crippen molar-refractivity contribution < 1.29 is 9.18 Å². The maximum absolute atomic E-state index is 12.2. The molecule has 2 aliphatic rings. The van der Waals surface area contributed by atoms with Crippen LogP contribution >= 0.6 is 0 Å². The first-order valence-corrected chi connectivity index (χ1v) is 6.36. The van der Waals surface area contributed by atoms with E-state index in [-0.39, 0.29) is 12.6 Å². The molecule has 1 amide bonds. The molecule has 0 aromatic heterocycles. The summed E-state index contributed by atoms with van der Waals surface area (Å²) in [7, 11) is 0. The Bertz CT molecular complexity index is 233. The summed E-state index contributed by atoms with van der Waals surface area (Å²) in [5.41, 5.74) is 0. The van der Waals surface area contributed by atoms with Gasteiger partial charge in [-0.3, -0.25) is 9.18 Å². The molecule has 2 aliphatic heterocycles. The fraction of sp³-hybridized carbons (Fsp3) is 0.917. The van der Waals surface area contributed by atoms with Gasteiger partial charge in [-0.2, -0.15) is 0 Å². The third-order valence-corrected chi connectivity index (χ3v) is 3.85. The van der Waals surface area contributed by atoms with Crippen molar-refractivity contribution in [3.05, 3.63) is 0 Å². The summed E-state index contributed by atoms with van der Waals surface area (Å²) >= 11 is 0. The first-order chi connectivity index (χ1) is 7.81. The Labute approximate surface area is 96.4 Å². The highest BCUT2D eigenvalue weighted by molar-refractivity contribution is 5.79. The summed E-state index contributed by atoms with van der Waals surface area (Å²) in [5.74, 6) is 0.997. The lowest BCUT2D eigenvalue weighted by Gasteiger charge is -2.33. The summed E-state index contributed by atoms with van der Waals surface area (Å²) in [6, 6.07) is 0. The van der Waals surface area contributed by atoms with Crippen LogP contribution in [0.3, 0.4) is 0 Å². The predicted octanol–water partition coefficient (Wildman–Crippen LogP) is 1.19. The minimum absolute atomic E-state index is 0.192. The van der Waals surface area contributed by atoms with Crippen molar-refractivity contribution in [2.45, 2.75) is 25.7 Å². The van der Waals surface area contributed by atoms with Gasteiger partial charge < -0.3 is 10.2 Å². The van der Waals surface area contributed by atoms with E-state index in [4.69, 9.17) is 0 Å². The number of nitrogens with one attached hydrogen (secondary N) is 1. The van der Waals surface area contributed by atoms with Crippen LogP contribution in [0, 0.1) is 11.8 Å². The number of rotatable bonds is 3. The minimum atomic E-state index is -0.217. The fourth-order valence-electron chi connectivity index (χ4n) is 2.72. The van der Waals surface area contributed by atoms with Gasteiger partial charge in [0.15, 0.2) is 0 Å². The standard InChI is InChI=1S/C12H21FN2O/c13-5-1-10-3-7-15(8-4-10)12(16)11-2-6-14-9-11/h10-11,14H,1-9H2/t11-/m1/s1. The SMILES string of the molecule is O=C([C@@H]1CCNC1)N1CCC(CCF)CC1. The van der Waals surface area contributed by atoms with Crippen LogP contribution in [0.2, 0.25) is 0 Å². The van der Waals surface area contributed by atoms with E-state index in [1.807, 2.05) is 4.90 Å². The lowest BCUT2D eigenvalue weighted by molar-refractivity contribution is -0.136. The predicted molar refractivity (Wildman–Crippen MR) is 60.9 cm³/mol. The summed E-state index contributed by atoms with van der Waals surface area (Å²) < 4.78 is 12.2. The van der Waals surface area contributed by atoms with Crippen LogP contribution < -0.4 is 5.32 Å². The van der Waals surface area contributed by atoms with E-state index in [1.165, 1.54) is 0 Å². The minimum Gasteiger partial charge on any atom is -0.342 e. The molecule has 0 aliphatic carbocycles. The lowest BCUT2D eigenvalue weighted by Crippen LogP contribution is -2.42. The molecular weight excluding hydrogens is 207 g/mol. The molecule has 1 N–H and O–H groups in total. The fourth-order valence-corrected chi connectivity index (χ4v) is 2.72. The van der Waals surface area contributed by atoms with Crippen LogP contribution in [0.25, 0.3) is 0 Å². The zero-order valence-corrected chi connectivity index (χ0v) is 9.75. The Morgan fingerprint density at radius 1 is 1.31 bits per heavy atom. The summed E-state index contributed by atoms with van der Waals surface area (Å²) in [6.45, 7) is 3.25. The second-order valence-electron chi connectivity index (χ2n) is 4.94. The Kier molecular flexibility index (Phi) is 4.16. The number of piperidine rings is 1. The number of likely N-dealkylation sites (tertiary alicyclic amines) is 1. The number of carbonyl (C=O) groups is 1. The van der Waals surface area contributed by atoms with Crippen LogP contribution in [-0.4, -0.2) is 43.7 Å². The van der Waals surface area contributed by atoms with Crippen LogP contribution in [0.4, 0.5) is 4.39 Å². The maximum Gasteiger partial charge on any atom is 0.227 e. The van der Waals surface area contributed by atoms with E-state index in [2.05, 4.69) is 5.32 Å². The summed E-state index contributed by atoms with van der Waals surface area (Å²) in [4.78, 5) is 14.1. The van der Waals surface area contributed by atoms with Crippen LogP contribution in [-0.2, 0) is 4.79 Å².